The quantitative estimate of drug-likeness (QED) is 0.458. The minimum absolute atomic E-state index is 0.120. The van der Waals surface area contributed by atoms with Crippen molar-refractivity contribution in [2.75, 3.05) is 5.75 Å². The van der Waals surface area contributed by atoms with E-state index in [2.05, 4.69) is 0 Å². The molecule has 7 heteroatoms. The van der Waals surface area contributed by atoms with Crippen molar-refractivity contribution in [2.45, 2.75) is 11.8 Å². The van der Waals surface area contributed by atoms with Gasteiger partial charge in [0.25, 0.3) is 5.37 Å². The van der Waals surface area contributed by atoms with Crippen molar-refractivity contribution in [3.05, 3.63) is 39.9 Å². The molecule has 6 nitrogen and oxygen atoms in total. The number of aromatic hydroxyl groups is 1. The van der Waals surface area contributed by atoms with Crippen molar-refractivity contribution in [3.8, 4) is 5.75 Å². The van der Waals surface area contributed by atoms with Crippen LogP contribution in [-0.4, -0.2) is 26.9 Å². The average Bonchev–Trinajstić information content (AvgIpc) is 2.25. The van der Waals surface area contributed by atoms with Gasteiger partial charge in [-0.3, -0.25) is 14.9 Å². The number of phenolic OH excluding ortho intramolecular Hbond substituents is 1. The lowest BCUT2D eigenvalue weighted by atomic mass is 10.2. The van der Waals surface area contributed by atoms with Crippen LogP contribution in [0.1, 0.15) is 17.4 Å². The Bertz CT molecular complexity index is 423. The molecule has 0 saturated heterocycles. The maximum Gasteiger partial charge on any atom is 0.304 e. The number of phenols is 1. The van der Waals surface area contributed by atoms with Gasteiger partial charge in [-0.1, -0.05) is 23.9 Å². The van der Waals surface area contributed by atoms with Crippen LogP contribution in [0.2, 0.25) is 0 Å². The molecule has 1 atom stereocenters. The third-order valence-electron chi connectivity index (χ3n) is 1.99. The zero-order valence-corrected chi connectivity index (χ0v) is 9.59. The van der Waals surface area contributed by atoms with Gasteiger partial charge >= 0.3 is 5.97 Å². The summed E-state index contributed by atoms with van der Waals surface area (Å²) in [5, 5.41) is 27.7. The maximum absolute atomic E-state index is 10.9. The Morgan fingerprint density at radius 2 is 2.12 bits per heavy atom. The number of benzene rings is 1. The number of para-hydroxylation sites is 1. The first-order valence-electron chi connectivity index (χ1n) is 4.77. The summed E-state index contributed by atoms with van der Waals surface area (Å²) in [6, 6.07) is 5.97. The molecule has 1 unspecified atom stereocenters. The predicted molar refractivity (Wildman–Crippen MR) is 62.6 cm³/mol. The minimum atomic E-state index is -1.14. The van der Waals surface area contributed by atoms with Gasteiger partial charge in [-0.05, 0) is 12.1 Å². The molecule has 0 aliphatic heterocycles. The molecule has 0 aliphatic carbocycles. The van der Waals surface area contributed by atoms with Gasteiger partial charge < -0.3 is 10.2 Å². The standard InChI is InChI=1S/C10H11NO5S/c12-8-4-2-1-3-7(8)10(11(15)16)17-6-5-9(13)14/h1-4,10,12H,5-6H2,(H,13,14). The third-order valence-corrected chi connectivity index (χ3v) is 3.17. The molecule has 0 bridgehead atoms. The molecular weight excluding hydrogens is 246 g/mol. The fraction of sp³-hybridized carbons (Fsp3) is 0.300. The topological polar surface area (TPSA) is 101 Å². The molecule has 0 spiro atoms. The summed E-state index contributed by atoms with van der Waals surface area (Å²) in [6.07, 6.45) is -0.150. The predicted octanol–water partition coefficient (Wildman–Crippen LogP) is 1.88. The summed E-state index contributed by atoms with van der Waals surface area (Å²) >= 11 is 0.885. The van der Waals surface area contributed by atoms with Crippen molar-refractivity contribution >= 4 is 17.7 Å². The summed E-state index contributed by atoms with van der Waals surface area (Å²) < 4.78 is 0. The lowest BCUT2D eigenvalue weighted by Crippen LogP contribution is -2.08. The number of carboxylic acid groups (broad SMARTS) is 1. The average molecular weight is 257 g/mol. The van der Waals surface area contributed by atoms with E-state index in [0.29, 0.717) is 0 Å². The summed E-state index contributed by atoms with van der Waals surface area (Å²) in [7, 11) is 0. The van der Waals surface area contributed by atoms with Crippen LogP contribution in [0.3, 0.4) is 0 Å². The minimum Gasteiger partial charge on any atom is -0.507 e. The number of carboxylic acids is 1. The second-order valence-electron chi connectivity index (χ2n) is 3.21. The summed E-state index contributed by atoms with van der Waals surface area (Å²) in [5.74, 6) is -1.04. The first kappa shape index (κ1) is 13.3. The highest BCUT2D eigenvalue weighted by Gasteiger charge is 2.26. The van der Waals surface area contributed by atoms with E-state index >= 15 is 0 Å². The van der Waals surface area contributed by atoms with Crippen molar-refractivity contribution in [1.82, 2.24) is 0 Å². The molecule has 2 N–H and O–H groups in total. The van der Waals surface area contributed by atoms with Crippen LogP contribution in [0.25, 0.3) is 0 Å². The highest BCUT2D eigenvalue weighted by atomic mass is 32.2. The molecule has 0 aliphatic rings. The van der Waals surface area contributed by atoms with Gasteiger partial charge in [0.1, 0.15) is 5.75 Å². The summed E-state index contributed by atoms with van der Waals surface area (Å²) in [6.45, 7) is 0. The Balaban J connectivity index is 2.76. The Kier molecular flexibility index (Phi) is 4.77. The Labute approximate surface area is 101 Å². The highest BCUT2D eigenvalue weighted by Crippen LogP contribution is 2.34. The fourth-order valence-corrected chi connectivity index (χ4v) is 2.23. The zero-order chi connectivity index (χ0) is 12.8. The van der Waals surface area contributed by atoms with Gasteiger partial charge in [0.05, 0.1) is 12.0 Å². The van der Waals surface area contributed by atoms with E-state index in [0.717, 1.165) is 11.8 Å². The van der Waals surface area contributed by atoms with Crippen molar-refractivity contribution in [3.63, 3.8) is 0 Å². The van der Waals surface area contributed by atoms with Gasteiger partial charge in [-0.2, -0.15) is 0 Å². The Morgan fingerprint density at radius 3 is 2.65 bits per heavy atom. The van der Waals surface area contributed by atoms with E-state index in [9.17, 15) is 20.0 Å². The first-order valence-corrected chi connectivity index (χ1v) is 5.82. The largest absolute Gasteiger partial charge is 0.507 e. The zero-order valence-electron chi connectivity index (χ0n) is 8.78. The van der Waals surface area contributed by atoms with E-state index in [-0.39, 0.29) is 23.5 Å². The van der Waals surface area contributed by atoms with Crippen LogP contribution < -0.4 is 0 Å². The molecule has 0 radical (unpaired) electrons. The van der Waals surface area contributed by atoms with Gasteiger partial charge in [0.2, 0.25) is 0 Å². The van der Waals surface area contributed by atoms with Crippen molar-refractivity contribution in [2.24, 2.45) is 0 Å². The number of hydrogen-bond acceptors (Lipinski definition) is 5. The van der Waals surface area contributed by atoms with Crippen LogP contribution >= 0.6 is 11.8 Å². The Hall–Kier alpha value is -1.76. The molecule has 0 aromatic heterocycles. The fourth-order valence-electron chi connectivity index (χ4n) is 1.22. The number of hydrogen-bond donors (Lipinski definition) is 2. The summed E-state index contributed by atoms with van der Waals surface area (Å²) in [4.78, 5) is 20.6. The molecule has 0 fully saturated rings. The molecule has 0 amide bonds. The van der Waals surface area contributed by atoms with E-state index in [4.69, 9.17) is 5.11 Å². The van der Waals surface area contributed by atoms with Gasteiger partial charge in [-0.25, -0.2) is 0 Å². The van der Waals surface area contributed by atoms with Crippen LogP contribution in [0.4, 0.5) is 0 Å². The number of carbonyl (C=O) groups is 1. The van der Waals surface area contributed by atoms with Crippen LogP contribution in [0, 0.1) is 10.1 Å². The van der Waals surface area contributed by atoms with Crippen LogP contribution in [-0.2, 0) is 4.79 Å². The van der Waals surface area contributed by atoms with E-state index < -0.39 is 16.3 Å². The first-order chi connectivity index (χ1) is 8.02. The molecule has 17 heavy (non-hydrogen) atoms. The van der Waals surface area contributed by atoms with Gasteiger partial charge in [-0.15, -0.1) is 0 Å². The van der Waals surface area contributed by atoms with E-state index in [1.807, 2.05) is 0 Å². The normalized spacial score (nSPS) is 12.0. The van der Waals surface area contributed by atoms with Gasteiger partial charge in [0, 0.05) is 10.7 Å². The van der Waals surface area contributed by atoms with Crippen molar-refractivity contribution in [1.29, 1.82) is 0 Å². The number of nitro groups is 1. The molecule has 1 aromatic carbocycles. The highest BCUT2D eigenvalue weighted by molar-refractivity contribution is 7.99. The third kappa shape index (κ3) is 3.95. The molecule has 1 rings (SSSR count). The lowest BCUT2D eigenvalue weighted by Gasteiger charge is -2.09. The van der Waals surface area contributed by atoms with E-state index in [1.165, 1.54) is 12.1 Å². The second kappa shape index (κ2) is 6.09. The molecule has 0 heterocycles. The van der Waals surface area contributed by atoms with Crippen LogP contribution in [0.5, 0.6) is 5.75 Å². The monoisotopic (exact) mass is 257 g/mol. The number of thioether (sulfide) groups is 1. The van der Waals surface area contributed by atoms with Crippen molar-refractivity contribution < 1.29 is 19.9 Å². The summed E-state index contributed by atoms with van der Waals surface area (Å²) in [5.41, 5.74) is 0.188. The van der Waals surface area contributed by atoms with Gasteiger partial charge in [0.15, 0.2) is 0 Å². The molecule has 92 valence electrons. The Morgan fingerprint density at radius 1 is 1.47 bits per heavy atom. The number of aliphatic carboxylic acids is 1. The second-order valence-corrected chi connectivity index (χ2v) is 4.40. The molecular formula is C10H11NO5S. The smallest absolute Gasteiger partial charge is 0.304 e. The van der Waals surface area contributed by atoms with Crippen LogP contribution in [0.15, 0.2) is 24.3 Å². The number of nitrogens with zero attached hydrogens (tertiary/aromatic N) is 1. The lowest BCUT2D eigenvalue weighted by molar-refractivity contribution is -0.500. The maximum atomic E-state index is 10.9. The molecule has 1 aromatic rings. The number of rotatable bonds is 6. The SMILES string of the molecule is O=C(O)CCSC(c1ccccc1O)[N+](=O)[O-]. The molecule has 0 saturated carbocycles. The van der Waals surface area contributed by atoms with E-state index in [1.54, 1.807) is 12.1 Å².